The molecule has 0 unspecified atom stereocenters. The van der Waals surface area contributed by atoms with Gasteiger partial charge in [0.1, 0.15) is 11.5 Å². The topological polar surface area (TPSA) is 26.0 Å². The lowest BCUT2D eigenvalue weighted by Crippen LogP contribution is -1.86. The summed E-state index contributed by atoms with van der Waals surface area (Å²) in [5, 5.41) is 3.89. The Hall–Kier alpha value is -0.310. The van der Waals surface area contributed by atoms with E-state index in [2.05, 4.69) is 34.9 Å². The molecule has 0 saturated heterocycles. The van der Waals surface area contributed by atoms with Crippen LogP contribution in [0.2, 0.25) is 0 Å². The maximum absolute atomic E-state index is 4.96. The predicted molar refractivity (Wildman–Crippen MR) is 43.0 cm³/mol. The molecule has 0 bridgehead atoms. The Labute approximate surface area is 68.7 Å². The number of nitrogens with zero attached hydrogens (tertiary/aromatic N) is 1. The molecule has 0 aliphatic rings. The van der Waals surface area contributed by atoms with Crippen molar-refractivity contribution in [3.8, 4) is 0 Å². The highest BCUT2D eigenvalue weighted by Crippen LogP contribution is 2.26. The highest BCUT2D eigenvalue weighted by atomic mass is 79.9. The van der Waals surface area contributed by atoms with Crippen LogP contribution in [0.4, 0.5) is 0 Å². The van der Waals surface area contributed by atoms with E-state index in [1.807, 2.05) is 6.92 Å². The summed E-state index contributed by atoms with van der Waals surface area (Å²) in [7, 11) is 0. The number of aromatic nitrogens is 1. The number of halogens is 1. The SMILES string of the molecule is Cc1onc(C(C)C)c1Br. The van der Waals surface area contributed by atoms with Crippen LogP contribution < -0.4 is 0 Å². The maximum Gasteiger partial charge on any atom is 0.148 e. The molecular weight excluding hydrogens is 194 g/mol. The van der Waals surface area contributed by atoms with Crippen LogP contribution in [-0.2, 0) is 0 Å². The van der Waals surface area contributed by atoms with Gasteiger partial charge in [-0.25, -0.2) is 0 Å². The molecule has 0 atom stereocenters. The average molecular weight is 204 g/mol. The van der Waals surface area contributed by atoms with Crippen LogP contribution in [0, 0.1) is 6.92 Å². The highest BCUT2D eigenvalue weighted by Gasteiger charge is 2.11. The molecule has 3 heteroatoms. The van der Waals surface area contributed by atoms with Crippen molar-refractivity contribution in [3.63, 3.8) is 0 Å². The molecule has 0 saturated carbocycles. The van der Waals surface area contributed by atoms with Gasteiger partial charge in [-0.1, -0.05) is 19.0 Å². The number of aryl methyl sites for hydroxylation is 1. The third-order valence-electron chi connectivity index (χ3n) is 1.36. The van der Waals surface area contributed by atoms with Crippen LogP contribution in [0.15, 0.2) is 9.00 Å². The van der Waals surface area contributed by atoms with E-state index < -0.39 is 0 Å². The van der Waals surface area contributed by atoms with E-state index in [-0.39, 0.29) is 0 Å². The van der Waals surface area contributed by atoms with Crippen molar-refractivity contribution >= 4 is 15.9 Å². The smallest absolute Gasteiger partial charge is 0.148 e. The molecule has 0 spiro atoms. The van der Waals surface area contributed by atoms with Crippen molar-refractivity contribution in [2.75, 3.05) is 0 Å². The molecule has 0 aliphatic carbocycles. The Morgan fingerprint density at radius 2 is 2.10 bits per heavy atom. The quantitative estimate of drug-likeness (QED) is 0.702. The van der Waals surface area contributed by atoms with Crippen LogP contribution in [0.25, 0.3) is 0 Å². The lowest BCUT2D eigenvalue weighted by atomic mass is 10.1. The van der Waals surface area contributed by atoms with Crippen LogP contribution in [0.1, 0.15) is 31.2 Å². The first-order chi connectivity index (χ1) is 4.63. The molecule has 0 fully saturated rings. The second-order valence-electron chi connectivity index (χ2n) is 2.59. The molecule has 0 N–H and O–H groups in total. The van der Waals surface area contributed by atoms with E-state index in [0.717, 1.165) is 15.9 Å². The summed E-state index contributed by atoms with van der Waals surface area (Å²) in [6, 6.07) is 0. The fourth-order valence-electron chi connectivity index (χ4n) is 0.737. The van der Waals surface area contributed by atoms with Crippen LogP contribution in [0.3, 0.4) is 0 Å². The molecule has 10 heavy (non-hydrogen) atoms. The van der Waals surface area contributed by atoms with Crippen molar-refractivity contribution in [2.45, 2.75) is 26.7 Å². The lowest BCUT2D eigenvalue weighted by molar-refractivity contribution is 0.387. The van der Waals surface area contributed by atoms with Crippen molar-refractivity contribution < 1.29 is 4.52 Å². The Morgan fingerprint density at radius 3 is 2.30 bits per heavy atom. The van der Waals surface area contributed by atoms with E-state index in [1.165, 1.54) is 0 Å². The Kier molecular flexibility index (Phi) is 2.14. The van der Waals surface area contributed by atoms with Gasteiger partial charge in [0.2, 0.25) is 0 Å². The predicted octanol–water partition coefficient (Wildman–Crippen LogP) is 2.87. The Balaban J connectivity index is 3.05. The lowest BCUT2D eigenvalue weighted by Gasteiger charge is -1.96. The first kappa shape index (κ1) is 7.79. The van der Waals surface area contributed by atoms with E-state index in [1.54, 1.807) is 0 Å². The highest BCUT2D eigenvalue weighted by molar-refractivity contribution is 9.10. The van der Waals surface area contributed by atoms with Crippen molar-refractivity contribution in [3.05, 3.63) is 15.9 Å². The van der Waals surface area contributed by atoms with Crippen molar-refractivity contribution in [2.24, 2.45) is 0 Å². The fourth-order valence-corrected chi connectivity index (χ4v) is 1.34. The molecule has 0 amide bonds. The summed E-state index contributed by atoms with van der Waals surface area (Å²) < 4.78 is 5.96. The Morgan fingerprint density at radius 1 is 1.50 bits per heavy atom. The van der Waals surface area contributed by atoms with Crippen LogP contribution >= 0.6 is 15.9 Å². The molecule has 1 aromatic rings. The summed E-state index contributed by atoms with van der Waals surface area (Å²) in [6.45, 7) is 6.06. The zero-order valence-electron chi connectivity index (χ0n) is 6.31. The van der Waals surface area contributed by atoms with Crippen molar-refractivity contribution in [1.29, 1.82) is 0 Å². The molecule has 0 aliphatic heterocycles. The average Bonchev–Trinajstić information content (AvgIpc) is 2.14. The van der Waals surface area contributed by atoms with Gasteiger partial charge in [0.25, 0.3) is 0 Å². The molecule has 0 radical (unpaired) electrons. The molecule has 2 nitrogen and oxygen atoms in total. The summed E-state index contributed by atoms with van der Waals surface area (Å²) in [5.74, 6) is 1.27. The summed E-state index contributed by atoms with van der Waals surface area (Å²) in [5.41, 5.74) is 0.998. The van der Waals surface area contributed by atoms with Gasteiger partial charge in [-0.05, 0) is 22.9 Å². The van der Waals surface area contributed by atoms with E-state index in [0.29, 0.717) is 5.92 Å². The second-order valence-corrected chi connectivity index (χ2v) is 3.39. The summed E-state index contributed by atoms with van der Waals surface area (Å²) >= 11 is 3.39. The largest absolute Gasteiger partial charge is 0.360 e. The van der Waals surface area contributed by atoms with Gasteiger partial charge < -0.3 is 4.52 Å². The first-order valence-corrected chi connectivity index (χ1v) is 4.04. The molecular formula is C7H10BrNO. The summed E-state index contributed by atoms with van der Waals surface area (Å²) in [4.78, 5) is 0. The van der Waals surface area contributed by atoms with E-state index in [9.17, 15) is 0 Å². The molecule has 1 heterocycles. The second kappa shape index (κ2) is 2.74. The van der Waals surface area contributed by atoms with Gasteiger partial charge in [-0.2, -0.15) is 0 Å². The Bertz CT molecular complexity index is 230. The summed E-state index contributed by atoms with van der Waals surface area (Å²) in [6.07, 6.45) is 0. The molecule has 1 aromatic heterocycles. The van der Waals surface area contributed by atoms with Crippen LogP contribution in [0.5, 0.6) is 0 Å². The maximum atomic E-state index is 4.96. The molecule has 56 valence electrons. The molecule has 0 aromatic carbocycles. The standard InChI is InChI=1S/C7H10BrNO/c1-4(2)7-6(8)5(3)10-9-7/h4H,1-3H3. The zero-order valence-corrected chi connectivity index (χ0v) is 7.90. The zero-order chi connectivity index (χ0) is 7.72. The minimum atomic E-state index is 0.423. The monoisotopic (exact) mass is 203 g/mol. The third kappa shape index (κ3) is 1.24. The number of hydrogen-bond donors (Lipinski definition) is 0. The van der Waals surface area contributed by atoms with Crippen LogP contribution in [-0.4, -0.2) is 5.16 Å². The van der Waals surface area contributed by atoms with Crippen molar-refractivity contribution in [1.82, 2.24) is 5.16 Å². The van der Waals surface area contributed by atoms with Gasteiger partial charge in [-0.15, -0.1) is 0 Å². The van der Waals surface area contributed by atoms with Gasteiger partial charge >= 0.3 is 0 Å². The van der Waals surface area contributed by atoms with Gasteiger partial charge in [0.05, 0.1) is 4.47 Å². The normalized spacial score (nSPS) is 10.9. The number of hydrogen-bond acceptors (Lipinski definition) is 2. The minimum Gasteiger partial charge on any atom is -0.360 e. The van der Waals surface area contributed by atoms with Gasteiger partial charge in [0.15, 0.2) is 0 Å². The van der Waals surface area contributed by atoms with E-state index >= 15 is 0 Å². The minimum absolute atomic E-state index is 0.423. The van der Waals surface area contributed by atoms with E-state index in [4.69, 9.17) is 4.52 Å². The fraction of sp³-hybridized carbons (Fsp3) is 0.571. The molecule has 1 rings (SSSR count). The van der Waals surface area contributed by atoms with Gasteiger partial charge in [0, 0.05) is 5.92 Å². The number of rotatable bonds is 1. The first-order valence-electron chi connectivity index (χ1n) is 3.24. The third-order valence-corrected chi connectivity index (χ3v) is 2.33. The van der Waals surface area contributed by atoms with Gasteiger partial charge in [-0.3, -0.25) is 0 Å².